The first-order valence-electron chi connectivity index (χ1n) is 9.03. The van der Waals surface area contributed by atoms with E-state index in [1.165, 1.54) is 4.90 Å². The number of anilines is 1. The molecule has 1 atom stereocenters. The molecule has 2 aromatic carbocycles. The van der Waals surface area contributed by atoms with Gasteiger partial charge in [0, 0.05) is 17.8 Å². The fourth-order valence-corrected chi connectivity index (χ4v) is 3.21. The minimum Gasteiger partial charge on any atom is -0.496 e. The SMILES string of the molecule is COc1cccc(NC(=O)CC2NC(=O)CN(Cc3ccccc3)C2=O)c1C. The van der Waals surface area contributed by atoms with Crippen LogP contribution in [0.1, 0.15) is 17.5 Å². The Hall–Kier alpha value is -3.35. The summed E-state index contributed by atoms with van der Waals surface area (Å²) in [5, 5.41) is 5.41. The molecule has 146 valence electrons. The summed E-state index contributed by atoms with van der Waals surface area (Å²) in [4.78, 5) is 38.7. The lowest BCUT2D eigenvalue weighted by molar-refractivity contribution is -0.145. The maximum Gasteiger partial charge on any atom is 0.246 e. The van der Waals surface area contributed by atoms with Crippen molar-refractivity contribution in [2.24, 2.45) is 0 Å². The zero-order valence-electron chi connectivity index (χ0n) is 15.9. The molecule has 7 nitrogen and oxygen atoms in total. The van der Waals surface area contributed by atoms with Crippen molar-refractivity contribution in [2.75, 3.05) is 19.0 Å². The van der Waals surface area contributed by atoms with Gasteiger partial charge in [-0.25, -0.2) is 0 Å². The first-order valence-corrected chi connectivity index (χ1v) is 9.03. The van der Waals surface area contributed by atoms with Crippen LogP contribution in [-0.2, 0) is 20.9 Å². The van der Waals surface area contributed by atoms with Crippen LogP contribution < -0.4 is 15.4 Å². The van der Waals surface area contributed by atoms with E-state index < -0.39 is 6.04 Å². The number of carbonyl (C=O) groups is 3. The molecule has 2 N–H and O–H groups in total. The van der Waals surface area contributed by atoms with E-state index in [-0.39, 0.29) is 30.7 Å². The molecule has 0 bridgehead atoms. The van der Waals surface area contributed by atoms with Gasteiger partial charge in [-0.2, -0.15) is 0 Å². The Morgan fingerprint density at radius 3 is 2.64 bits per heavy atom. The predicted molar refractivity (Wildman–Crippen MR) is 105 cm³/mol. The Morgan fingerprint density at radius 2 is 1.93 bits per heavy atom. The zero-order valence-corrected chi connectivity index (χ0v) is 15.9. The molecule has 1 fully saturated rings. The highest BCUT2D eigenvalue weighted by molar-refractivity contribution is 6.00. The Bertz CT molecular complexity index is 882. The summed E-state index contributed by atoms with van der Waals surface area (Å²) in [7, 11) is 1.56. The molecule has 2 aromatic rings. The van der Waals surface area contributed by atoms with Gasteiger partial charge in [0.05, 0.1) is 20.1 Å². The van der Waals surface area contributed by atoms with E-state index in [0.29, 0.717) is 18.0 Å². The number of hydrogen-bond acceptors (Lipinski definition) is 4. The lowest BCUT2D eigenvalue weighted by Crippen LogP contribution is -2.58. The van der Waals surface area contributed by atoms with Crippen LogP contribution in [0.15, 0.2) is 48.5 Å². The second kappa shape index (κ2) is 8.56. The topological polar surface area (TPSA) is 87.7 Å². The number of methoxy groups -OCH3 is 1. The summed E-state index contributed by atoms with van der Waals surface area (Å²) in [6.07, 6.45) is -0.132. The fourth-order valence-electron chi connectivity index (χ4n) is 3.21. The third-order valence-corrected chi connectivity index (χ3v) is 4.66. The number of amides is 3. The average Bonchev–Trinajstić information content (AvgIpc) is 2.68. The van der Waals surface area contributed by atoms with Gasteiger partial charge in [-0.05, 0) is 24.6 Å². The van der Waals surface area contributed by atoms with Gasteiger partial charge in [0.1, 0.15) is 11.8 Å². The quantitative estimate of drug-likeness (QED) is 0.800. The van der Waals surface area contributed by atoms with Crippen LogP contribution in [0, 0.1) is 6.92 Å². The van der Waals surface area contributed by atoms with Gasteiger partial charge in [-0.3, -0.25) is 14.4 Å². The number of nitrogens with zero attached hydrogens (tertiary/aromatic N) is 1. The van der Waals surface area contributed by atoms with Crippen LogP contribution in [0.3, 0.4) is 0 Å². The van der Waals surface area contributed by atoms with E-state index in [2.05, 4.69) is 10.6 Å². The second-order valence-electron chi connectivity index (χ2n) is 6.69. The largest absolute Gasteiger partial charge is 0.496 e. The van der Waals surface area contributed by atoms with Crippen molar-refractivity contribution in [3.63, 3.8) is 0 Å². The number of rotatable bonds is 6. The molecule has 0 spiro atoms. The summed E-state index contributed by atoms with van der Waals surface area (Å²) in [6.45, 7) is 2.16. The first-order chi connectivity index (χ1) is 13.5. The van der Waals surface area contributed by atoms with Crippen molar-refractivity contribution >= 4 is 23.4 Å². The average molecular weight is 381 g/mol. The molecule has 28 heavy (non-hydrogen) atoms. The lowest BCUT2D eigenvalue weighted by atomic mass is 10.1. The highest BCUT2D eigenvalue weighted by Gasteiger charge is 2.34. The Balaban J connectivity index is 1.66. The Kier molecular flexibility index (Phi) is 5.93. The standard InChI is InChI=1S/C21H23N3O4/c1-14-16(9-6-10-18(14)28-2)22-19(25)11-17-21(27)24(13-20(26)23-17)12-15-7-4-3-5-8-15/h3-10,17H,11-13H2,1-2H3,(H,22,25)(H,23,26). The molecule has 0 aromatic heterocycles. The minimum atomic E-state index is -0.879. The van der Waals surface area contributed by atoms with Crippen molar-refractivity contribution in [3.8, 4) is 5.75 Å². The molecule has 1 saturated heterocycles. The molecule has 3 rings (SSSR count). The van der Waals surface area contributed by atoms with Crippen LogP contribution in [0.25, 0.3) is 0 Å². The predicted octanol–water partition coefficient (Wildman–Crippen LogP) is 1.86. The summed E-state index contributed by atoms with van der Waals surface area (Å²) >= 11 is 0. The van der Waals surface area contributed by atoms with Crippen LogP contribution in [0.4, 0.5) is 5.69 Å². The van der Waals surface area contributed by atoms with Gasteiger partial charge in [-0.15, -0.1) is 0 Å². The maximum absolute atomic E-state index is 12.7. The number of benzene rings is 2. The molecule has 7 heteroatoms. The van der Waals surface area contributed by atoms with Crippen LogP contribution >= 0.6 is 0 Å². The number of hydrogen-bond donors (Lipinski definition) is 2. The molecule has 1 aliphatic rings. The highest BCUT2D eigenvalue weighted by atomic mass is 16.5. The Morgan fingerprint density at radius 1 is 1.18 bits per heavy atom. The van der Waals surface area contributed by atoms with E-state index >= 15 is 0 Å². The van der Waals surface area contributed by atoms with Gasteiger partial charge >= 0.3 is 0 Å². The normalized spacial score (nSPS) is 16.5. The summed E-state index contributed by atoms with van der Waals surface area (Å²) < 4.78 is 5.25. The van der Waals surface area contributed by atoms with Crippen molar-refractivity contribution in [1.29, 1.82) is 0 Å². The van der Waals surface area contributed by atoms with Crippen molar-refractivity contribution in [1.82, 2.24) is 10.2 Å². The first kappa shape index (κ1) is 19.4. The summed E-state index contributed by atoms with van der Waals surface area (Å²) in [5.41, 5.74) is 2.34. The fraction of sp³-hybridized carbons (Fsp3) is 0.286. The number of ether oxygens (including phenoxy) is 1. The van der Waals surface area contributed by atoms with Gasteiger partial charge in [0.15, 0.2) is 0 Å². The lowest BCUT2D eigenvalue weighted by Gasteiger charge is -2.32. The molecule has 0 radical (unpaired) electrons. The highest BCUT2D eigenvalue weighted by Crippen LogP contribution is 2.25. The maximum atomic E-state index is 12.7. The van der Waals surface area contributed by atoms with Gasteiger partial charge in [0.2, 0.25) is 17.7 Å². The minimum absolute atomic E-state index is 0.0131. The second-order valence-corrected chi connectivity index (χ2v) is 6.69. The van der Waals surface area contributed by atoms with Gasteiger partial charge in [0.25, 0.3) is 0 Å². The van der Waals surface area contributed by atoms with Crippen LogP contribution in [0.5, 0.6) is 5.75 Å². The van der Waals surface area contributed by atoms with Crippen LogP contribution in [0.2, 0.25) is 0 Å². The number of piperazine rings is 1. The molecule has 0 aliphatic carbocycles. The third kappa shape index (κ3) is 4.49. The molecular formula is C21H23N3O4. The molecule has 0 saturated carbocycles. The smallest absolute Gasteiger partial charge is 0.246 e. The van der Waals surface area contributed by atoms with E-state index in [4.69, 9.17) is 4.74 Å². The van der Waals surface area contributed by atoms with E-state index in [9.17, 15) is 14.4 Å². The molecule has 1 unspecified atom stereocenters. The molecule has 3 amide bonds. The van der Waals surface area contributed by atoms with E-state index in [0.717, 1.165) is 11.1 Å². The van der Waals surface area contributed by atoms with Crippen molar-refractivity contribution < 1.29 is 19.1 Å². The molecular weight excluding hydrogens is 358 g/mol. The van der Waals surface area contributed by atoms with Crippen molar-refractivity contribution in [2.45, 2.75) is 25.9 Å². The van der Waals surface area contributed by atoms with Crippen LogP contribution in [-0.4, -0.2) is 42.3 Å². The Labute approximate surface area is 163 Å². The van der Waals surface area contributed by atoms with Crippen molar-refractivity contribution in [3.05, 3.63) is 59.7 Å². The number of nitrogens with one attached hydrogen (secondary N) is 2. The summed E-state index contributed by atoms with van der Waals surface area (Å²) in [6, 6.07) is 13.9. The third-order valence-electron chi connectivity index (χ3n) is 4.66. The van der Waals surface area contributed by atoms with Gasteiger partial charge in [-0.1, -0.05) is 36.4 Å². The number of carbonyl (C=O) groups excluding carboxylic acids is 3. The van der Waals surface area contributed by atoms with Gasteiger partial charge < -0.3 is 20.3 Å². The van der Waals surface area contributed by atoms with E-state index in [1.807, 2.05) is 37.3 Å². The molecule has 1 heterocycles. The molecule has 1 aliphatic heterocycles. The summed E-state index contributed by atoms with van der Waals surface area (Å²) in [5.74, 6) is -0.225. The monoisotopic (exact) mass is 381 g/mol. The van der Waals surface area contributed by atoms with E-state index in [1.54, 1.807) is 25.3 Å². The zero-order chi connectivity index (χ0) is 20.1.